The zero-order valence-electron chi connectivity index (χ0n) is 14.0. The molecule has 1 atom stereocenters. The van der Waals surface area contributed by atoms with Gasteiger partial charge < -0.3 is 15.2 Å². The van der Waals surface area contributed by atoms with E-state index < -0.39 is 6.10 Å². The number of aliphatic hydroxyl groups excluding tert-OH is 1. The first-order valence-corrected chi connectivity index (χ1v) is 9.15. The quantitative estimate of drug-likeness (QED) is 0.722. The van der Waals surface area contributed by atoms with E-state index in [1.807, 2.05) is 61.7 Å². The van der Waals surface area contributed by atoms with Crippen molar-refractivity contribution in [3.63, 3.8) is 0 Å². The molecule has 0 saturated heterocycles. The van der Waals surface area contributed by atoms with Gasteiger partial charge in [0.25, 0.3) is 0 Å². The molecule has 0 heterocycles. The lowest BCUT2D eigenvalue weighted by molar-refractivity contribution is -0.120. The predicted octanol–water partition coefficient (Wildman–Crippen LogP) is 3.20. The van der Waals surface area contributed by atoms with Crippen LogP contribution < -0.4 is 10.1 Å². The Balaban J connectivity index is 1.81. The Morgan fingerprint density at radius 1 is 1.17 bits per heavy atom. The number of nitrogens with one attached hydrogen (secondary N) is 1. The molecular formula is C19H23NO3S. The largest absolute Gasteiger partial charge is 0.494 e. The minimum absolute atomic E-state index is 0.112. The summed E-state index contributed by atoms with van der Waals surface area (Å²) in [5.41, 5.74) is 1.71. The van der Waals surface area contributed by atoms with Crippen LogP contribution in [0.25, 0.3) is 0 Å². The smallest absolute Gasteiger partial charge is 0.224 e. The van der Waals surface area contributed by atoms with Crippen LogP contribution in [0.3, 0.4) is 0 Å². The van der Waals surface area contributed by atoms with Crippen LogP contribution in [0.2, 0.25) is 0 Å². The fraction of sp³-hybridized carbons (Fsp3) is 0.316. The van der Waals surface area contributed by atoms with Crippen molar-refractivity contribution in [1.82, 2.24) is 5.32 Å². The summed E-state index contributed by atoms with van der Waals surface area (Å²) < 4.78 is 5.38. The van der Waals surface area contributed by atoms with E-state index in [0.717, 1.165) is 21.8 Å². The van der Waals surface area contributed by atoms with Crippen LogP contribution in [-0.4, -0.2) is 30.4 Å². The first kappa shape index (κ1) is 18.4. The van der Waals surface area contributed by atoms with Crippen molar-refractivity contribution in [2.24, 2.45) is 0 Å². The van der Waals surface area contributed by atoms with E-state index in [-0.39, 0.29) is 18.9 Å². The van der Waals surface area contributed by atoms with Crippen LogP contribution in [0.1, 0.15) is 24.2 Å². The lowest BCUT2D eigenvalue weighted by Gasteiger charge is -2.13. The molecule has 0 saturated carbocycles. The van der Waals surface area contributed by atoms with Crippen molar-refractivity contribution in [2.75, 3.05) is 19.4 Å². The van der Waals surface area contributed by atoms with Crippen molar-refractivity contribution < 1.29 is 14.6 Å². The minimum Gasteiger partial charge on any atom is -0.494 e. The van der Waals surface area contributed by atoms with Gasteiger partial charge in [-0.15, -0.1) is 11.8 Å². The molecule has 0 aliphatic rings. The van der Waals surface area contributed by atoms with Crippen molar-refractivity contribution >= 4 is 17.7 Å². The summed E-state index contributed by atoms with van der Waals surface area (Å²) in [6.07, 6.45) is 1.59. The zero-order valence-corrected chi connectivity index (χ0v) is 14.8. The maximum atomic E-state index is 12.0. The van der Waals surface area contributed by atoms with Gasteiger partial charge in [0.2, 0.25) is 5.91 Å². The average Bonchev–Trinajstić information content (AvgIpc) is 2.61. The van der Waals surface area contributed by atoms with Crippen LogP contribution in [0.4, 0.5) is 0 Å². The average molecular weight is 345 g/mol. The van der Waals surface area contributed by atoms with E-state index in [1.54, 1.807) is 11.8 Å². The molecule has 4 nitrogen and oxygen atoms in total. The standard InChI is InChI=1S/C19H23NO3S/c1-3-23-16-8-4-14(5-9-16)12-19(22)20-13-18(21)15-6-10-17(24-2)11-7-15/h4-11,18,21H,3,12-13H2,1-2H3,(H,20,22). The molecular weight excluding hydrogens is 322 g/mol. The summed E-state index contributed by atoms with van der Waals surface area (Å²) in [7, 11) is 0. The predicted molar refractivity (Wildman–Crippen MR) is 97.5 cm³/mol. The van der Waals surface area contributed by atoms with Gasteiger partial charge in [0, 0.05) is 11.4 Å². The van der Waals surface area contributed by atoms with E-state index in [4.69, 9.17) is 4.74 Å². The highest BCUT2D eigenvalue weighted by molar-refractivity contribution is 7.98. The van der Waals surface area contributed by atoms with Crippen molar-refractivity contribution in [2.45, 2.75) is 24.3 Å². The molecule has 5 heteroatoms. The third-order valence-electron chi connectivity index (χ3n) is 3.59. The minimum atomic E-state index is -0.704. The van der Waals surface area contributed by atoms with Crippen LogP contribution in [0, 0.1) is 0 Å². The molecule has 0 aliphatic carbocycles. The van der Waals surface area contributed by atoms with Crippen molar-refractivity contribution in [3.8, 4) is 5.75 Å². The van der Waals surface area contributed by atoms with Crippen LogP contribution in [0.15, 0.2) is 53.4 Å². The van der Waals surface area contributed by atoms with Crippen LogP contribution in [-0.2, 0) is 11.2 Å². The highest BCUT2D eigenvalue weighted by atomic mass is 32.2. The maximum Gasteiger partial charge on any atom is 0.224 e. The molecule has 128 valence electrons. The van der Waals surface area contributed by atoms with E-state index in [1.165, 1.54) is 0 Å². The number of hydrogen-bond donors (Lipinski definition) is 2. The van der Waals surface area contributed by atoms with E-state index in [9.17, 15) is 9.90 Å². The monoisotopic (exact) mass is 345 g/mol. The molecule has 2 aromatic rings. The summed E-state index contributed by atoms with van der Waals surface area (Å²) in [6.45, 7) is 2.76. The number of carbonyl (C=O) groups is 1. The van der Waals surface area contributed by atoms with Gasteiger partial charge in [-0.25, -0.2) is 0 Å². The molecule has 0 bridgehead atoms. The number of carbonyl (C=O) groups excluding carboxylic acids is 1. The fourth-order valence-corrected chi connectivity index (χ4v) is 2.68. The summed E-state index contributed by atoms with van der Waals surface area (Å²) in [4.78, 5) is 13.1. The SMILES string of the molecule is CCOc1ccc(CC(=O)NCC(O)c2ccc(SC)cc2)cc1. The van der Waals surface area contributed by atoms with Gasteiger partial charge in [0.15, 0.2) is 0 Å². The first-order chi connectivity index (χ1) is 11.6. The van der Waals surface area contributed by atoms with Gasteiger partial charge in [0.05, 0.1) is 19.1 Å². The second-order valence-corrected chi connectivity index (χ2v) is 6.23. The second kappa shape index (κ2) is 9.35. The number of benzene rings is 2. The summed E-state index contributed by atoms with van der Waals surface area (Å²) >= 11 is 1.65. The molecule has 1 amide bonds. The molecule has 1 unspecified atom stereocenters. The number of amides is 1. The number of rotatable bonds is 8. The van der Waals surface area contributed by atoms with Gasteiger partial charge in [0.1, 0.15) is 5.75 Å². The lowest BCUT2D eigenvalue weighted by Crippen LogP contribution is -2.29. The number of hydrogen-bond acceptors (Lipinski definition) is 4. The normalized spacial score (nSPS) is 11.8. The Morgan fingerprint density at radius 2 is 1.83 bits per heavy atom. The molecule has 0 aliphatic heterocycles. The van der Waals surface area contributed by atoms with E-state index >= 15 is 0 Å². The highest BCUT2D eigenvalue weighted by Crippen LogP contribution is 2.18. The van der Waals surface area contributed by atoms with Gasteiger partial charge in [-0.1, -0.05) is 24.3 Å². The molecule has 0 aromatic heterocycles. The summed E-state index contributed by atoms with van der Waals surface area (Å²) in [5.74, 6) is 0.685. The number of thioether (sulfide) groups is 1. The molecule has 2 aromatic carbocycles. The van der Waals surface area contributed by atoms with Gasteiger partial charge in [-0.05, 0) is 48.6 Å². The second-order valence-electron chi connectivity index (χ2n) is 5.35. The number of aliphatic hydroxyl groups is 1. The molecule has 0 radical (unpaired) electrons. The van der Waals surface area contributed by atoms with Gasteiger partial charge in [-0.3, -0.25) is 4.79 Å². The third-order valence-corrected chi connectivity index (χ3v) is 4.34. The molecule has 0 fully saturated rings. The van der Waals surface area contributed by atoms with Gasteiger partial charge in [-0.2, -0.15) is 0 Å². The highest BCUT2D eigenvalue weighted by Gasteiger charge is 2.10. The van der Waals surface area contributed by atoms with E-state index in [2.05, 4.69) is 5.32 Å². The third kappa shape index (κ3) is 5.58. The zero-order chi connectivity index (χ0) is 17.4. The summed E-state index contributed by atoms with van der Waals surface area (Å²) in [6, 6.07) is 15.2. The van der Waals surface area contributed by atoms with Crippen molar-refractivity contribution in [3.05, 3.63) is 59.7 Å². The topological polar surface area (TPSA) is 58.6 Å². The molecule has 2 N–H and O–H groups in total. The lowest BCUT2D eigenvalue weighted by atomic mass is 10.1. The van der Waals surface area contributed by atoms with Crippen LogP contribution in [0.5, 0.6) is 5.75 Å². The van der Waals surface area contributed by atoms with Crippen molar-refractivity contribution in [1.29, 1.82) is 0 Å². The molecule has 24 heavy (non-hydrogen) atoms. The maximum absolute atomic E-state index is 12.0. The molecule has 0 spiro atoms. The first-order valence-electron chi connectivity index (χ1n) is 7.92. The Kier molecular flexibility index (Phi) is 7.15. The summed E-state index contributed by atoms with van der Waals surface area (Å²) in [5, 5.41) is 12.9. The van der Waals surface area contributed by atoms with Crippen LogP contribution >= 0.6 is 11.8 Å². The Hall–Kier alpha value is -1.98. The van der Waals surface area contributed by atoms with E-state index in [0.29, 0.717) is 6.61 Å². The molecule has 2 rings (SSSR count). The Bertz CT molecular complexity index is 641. The Labute approximate surface area is 147 Å². The number of ether oxygens (including phenoxy) is 1. The van der Waals surface area contributed by atoms with Gasteiger partial charge >= 0.3 is 0 Å². The Morgan fingerprint density at radius 3 is 2.42 bits per heavy atom. The fourth-order valence-electron chi connectivity index (χ4n) is 2.27.